The van der Waals surface area contributed by atoms with Crippen LogP contribution in [0.15, 0.2) is 24.3 Å². The lowest BCUT2D eigenvalue weighted by Gasteiger charge is -2.71. The van der Waals surface area contributed by atoms with E-state index in [4.69, 9.17) is 9.47 Å². The quantitative estimate of drug-likeness (QED) is 0.660. The van der Waals surface area contributed by atoms with Crippen LogP contribution in [-0.4, -0.2) is 60.6 Å². The average molecular weight is 439 g/mol. The van der Waals surface area contributed by atoms with E-state index < -0.39 is 11.5 Å². The highest BCUT2D eigenvalue weighted by atomic mass is 16.5. The van der Waals surface area contributed by atoms with Crippen molar-refractivity contribution in [2.24, 2.45) is 11.3 Å². The Kier molecular flexibility index (Phi) is 4.00. The number of ether oxygens (including phenoxy) is 2. The van der Waals surface area contributed by atoms with Gasteiger partial charge in [0.05, 0.1) is 18.6 Å². The standard InChI is InChI=1S/C25H30N2O5/c1-15(28)27-19-7-5-4-6-17(19)24-11-13-26-12-8-20(32-16(2)29)23(22(24)26)9-10-25(24,27)18(14-23)21(30)31-3/h4-7,18,20,22H,8-14H2,1-3H3/t18?,20?,22-,23?,24+,25?/m0/s1. The van der Waals surface area contributed by atoms with Crippen LogP contribution in [0, 0.1) is 11.3 Å². The molecule has 6 aliphatic rings. The van der Waals surface area contributed by atoms with E-state index in [0.29, 0.717) is 12.8 Å². The van der Waals surface area contributed by atoms with Crippen molar-refractivity contribution in [3.8, 4) is 0 Å². The van der Waals surface area contributed by atoms with Gasteiger partial charge in [0.15, 0.2) is 0 Å². The molecule has 4 unspecified atom stereocenters. The number of piperidine rings is 1. The summed E-state index contributed by atoms with van der Waals surface area (Å²) >= 11 is 0. The lowest BCUT2D eigenvalue weighted by molar-refractivity contribution is -0.211. The molecule has 2 saturated heterocycles. The van der Waals surface area contributed by atoms with Crippen molar-refractivity contribution < 1.29 is 23.9 Å². The van der Waals surface area contributed by atoms with Gasteiger partial charge in [-0.15, -0.1) is 0 Å². The van der Waals surface area contributed by atoms with Crippen molar-refractivity contribution in [1.29, 1.82) is 0 Å². The summed E-state index contributed by atoms with van der Waals surface area (Å²) < 4.78 is 11.3. The largest absolute Gasteiger partial charge is 0.469 e. The highest BCUT2D eigenvalue weighted by Gasteiger charge is 2.83. The number of para-hydroxylation sites is 1. The van der Waals surface area contributed by atoms with Crippen molar-refractivity contribution in [3.63, 3.8) is 0 Å². The Hall–Kier alpha value is -2.41. The van der Waals surface area contributed by atoms with E-state index >= 15 is 0 Å². The first-order valence-electron chi connectivity index (χ1n) is 11.7. The second kappa shape index (κ2) is 6.34. The zero-order valence-electron chi connectivity index (χ0n) is 18.9. The van der Waals surface area contributed by atoms with Gasteiger partial charge in [-0.05, 0) is 50.3 Å². The molecule has 3 aliphatic heterocycles. The maximum absolute atomic E-state index is 13.4. The van der Waals surface area contributed by atoms with E-state index in [1.54, 1.807) is 6.92 Å². The van der Waals surface area contributed by atoms with Crippen LogP contribution < -0.4 is 4.90 Å². The molecule has 7 rings (SSSR count). The van der Waals surface area contributed by atoms with Gasteiger partial charge in [0.2, 0.25) is 5.91 Å². The normalized spacial score (nSPS) is 41.0. The lowest BCUT2D eigenvalue weighted by atomic mass is 9.38. The van der Waals surface area contributed by atoms with Crippen LogP contribution in [0.2, 0.25) is 0 Å². The number of nitrogens with zero attached hydrogens (tertiary/aromatic N) is 2. The number of hydrogen-bond acceptors (Lipinski definition) is 6. The molecule has 0 N–H and O–H groups in total. The zero-order valence-corrected chi connectivity index (χ0v) is 18.9. The number of esters is 2. The minimum Gasteiger partial charge on any atom is -0.469 e. The van der Waals surface area contributed by atoms with Crippen LogP contribution in [-0.2, 0) is 29.3 Å². The summed E-state index contributed by atoms with van der Waals surface area (Å²) in [4.78, 5) is 43.2. The fraction of sp³-hybridized carbons (Fsp3) is 0.640. The minimum absolute atomic E-state index is 0.0246. The van der Waals surface area contributed by atoms with Gasteiger partial charge in [-0.1, -0.05) is 18.2 Å². The molecule has 6 atom stereocenters. The van der Waals surface area contributed by atoms with Crippen molar-refractivity contribution in [3.05, 3.63) is 29.8 Å². The molecule has 1 amide bonds. The number of benzene rings is 1. The molecular formula is C25H30N2O5. The number of carbonyl (C=O) groups is 3. The number of carbonyl (C=O) groups excluding carboxylic acids is 3. The Balaban J connectivity index is 1.66. The first-order valence-corrected chi connectivity index (χ1v) is 11.7. The summed E-state index contributed by atoms with van der Waals surface area (Å²) in [5.74, 6) is -1.00. The molecule has 1 aromatic carbocycles. The van der Waals surface area contributed by atoms with E-state index in [1.807, 2.05) is 23.1 Å². The number of amides is 1. The number of methoxy groups -OCH3 is 1. The van der Waals surface area contributed by atoms with Crippen LogP contribution in [0.1, 0.15) is 51.5 Å². The SMILES string of the molecule is COC(=O)C1CC23CCC14N(C(C)=O)c1ccccc1[C@@]41CCN(CCC2OC(C)=O)[C@@H]31. The van der Waals surface area contributed by atoms with E-state index in [0.717, 1.165) is 38.0 Å². The second-order valence-electron chi connectivity index (χ2n) is 10.4. The predicted octanol–water partition coefficient (Wildman–Crippen LogP) is 2.41. The van der Waals surface area contributed by atoms with E-state index in [9.17, 15) is 14.4 Å². The van der Waals surface area contributed by atoms with Gasteiger partial charge in [-0.3, -0.25) is 19.3 Å². The Bertz CT molecular complexity index is 1040. The molecule has 2 bridgehead atoms. The highest BCUT2D eigenvalue weighted by Crippen LogP contribution is 2.76. The summed E-state index contributed by atoms with van der Waals surface area (Å²) in [5.41, 5.74) is 0.770. The monoisotopic (exact) mass is 438 g/mol. The zero-order chi connectivity index (χ0) is 22.5. The highest BCUT2D eigenvalue weighted by molar-refractivity contribution is 5.99. The van der Waals surface area contributed by atoms with Gasteiger partial charge >= 0.3 is 11.9 Å². The molecule has 3 aliphatic carbocycles. The molecule has 3 saturated carbocycles. The van der Waals surface area contributed by atoms with Crippen LogP contribution in [0.4, 0.5) is 5.69 Å². The summed E-state index contributed by atoms with van der Waals surface area (Å²) in [5, 5.41) is 0. The Morgan fingerprint density at radius 1 is 1.06 bits per heavy atom. The van der Waals surface area contributed by atoms with Crippen molar-refractivity contribution in [1.82, 2.24) is 4.90 Å². The number of hydrogen-bond donors (Lipinski definition) is 0. The molecule has 3 spiro atoms. The topological polar surface area (TPSA) is 76.2 Å². The molecule has 5 fully saturated rings. The minimum atomic E-state index is -0.644. The van der Waals surface area contributed by atoms with Crippen LogP contribution >= 0.6 is 0 Å². The van der Waals surface area contributed by atoms with Gasteiger partial charge in [0, 0.05) is 43.0 Å². The molecule has 3 heterocycles. The van der Waals surface area contributed by atoms with Gasteiger partial charge in [-0.2, -0.15) is 0 Å². The maximum atomic E-state index is 13.4. The number of anilines is 1. The molecule has 7 nitrogen and oxygen atoms in total. The Labute approximate surface area is 188 Å². The summed E-state index contributed by atoms with van der Waals surface area (Å²) in [6.45, 7) is 4.89. The lowest BCUT2D eigenvalue weighted by Crippen LogP contribution is -2.81. The summed E-state index contributed by atoms with van der Waals surface area (Å²) in [6, 6.07) is 8.34. The third-order valence-electron chi connectivity index (χ3n) is 9.53. The molecule has 0 radical (unpaired) electrons. The smallest absolute Gasteiger partial charge is 0.311 e. The third kappa shape index (κ3) is 2.01. The molecule has 1 aromatic rings. The molecule has 7 heteroatoms. The molecule has 0 aromatic heterocycles. The van der Waals surface area contributed by atoms with E-state index in [2.05, 4.69) is 11.0 Å². The second-order valence-corrected chi connectivity index (χ2v) is 10.4. The van der Waals surface area contributed by atoms with Gasteiger partial charge < -0.3 is 14.4 Å². The molecule has 32 heavy (non-hydrogen) atoms. The predicted molar refractivity (Wildman–Crippen MR) is 116 cm³/mol. The first kappa shape index (κ1) is 20.2. The first-order chi connectivity index (χ1) is 15.3. The Morgan fingerprint density at radius 3 is 2.56 bits per heavy atom. The van der Waals surface area contributed by atoms with Gasteiger partial charge in [0.25, 0.3) is 0 Å². The maximum Gasteiger partial charge on any atom is 0.311 e. The number of fused-ring (bicyclic) bond motifs is 3. The Morgan fingerprint density at radius 2 is 1.84 bits per heavy atom. The molecule has 170 valence electrons. The van der Waals surface area contributed by atoms with E-state index in [1.165, 1.54) is 19.6 Å². The van der Waals surface area contributed by atoms with Crippen LogP contribution in [0.3, 0.4) is 0 Å². The van der Waals surface area contributed by atoms with Gasteiger partial charge in [0.1, 0.15) is 6.10 Å². The van der Waals surface area contributed by atoms with E-state index in [-0.39, 0.29) is 40.8 Å². The summed E-state index contributed by atoms with van der Waals surface area (Å²) in [7, 11) is 1.44. The fourth-order valence-electron chi connectivity index (χ4n) is 9.01. The molecular weight excluding hydrogens is 408 g/mol. The van der Waals surface area contributed by atoms with Crippen LogP contribution in [0.5, 0.6) is 0 Å². The number of rotatable bonds is 2. The average Bonchev–Trinajstić information content (AvgIpc) is 3.30. The third-order valence-corrected chi connectivity index (χ3v) is 9.53. The van der Waals surface area contributed by atoms with Crippen molar-refractivity contribution in [2.45, 2.75) is 69.1 Å². The van der Waals surface area contributed by atoms with Crippen LogP contribution in [0.25, 0.3) is 0 Å². The summed E-state index contributed by atoms with van der Waals surface area (Å²) in [6.07, 6.45) is 3.58. The van der Waals surface area contributed by atoms with Crippen molar-refractivity contribution >= 4 is 23.5 Å². The van der Waals surface area contributed by atoms with Gasteiger partial charge in [-0.25, -0.2) is 0 Å². The fourth-order valence-corrected chi connectivity index (χ4v) is 9.01. The van der Waals surface area contributed by atoms with Crippen molar-refractivity contribution in [2.75, 3.05) is 25.1 Å².